The van der Waals surface area contributed by atoms with Crippen LogP contribution in [-0.4, -0.2) is 22.1 Å². The van der Waals surface area contributed by atoms with Crippen molar-refractivity contribution in [3.05, 3.63) is 70.3 Å². The van der Waals surface area contributed by atoms with E-state index in [1.54, 1.807) is 13.2 Å². The molecule has 0 spiro atoms. The van der Waals surface area contributed by atoms with E-state index in [9.17, 15) is 4.39 Å². The lowest BCUT2D eigenvalue weighted by Crippen LogP contribution is -2.31. The number of ether oxygens (including phenoxy) is 1. The van der Waals surface area contributed by atoms with Crippen LogP contribution >= 0.6 is 0 Å². The van der Waals surface area contributed by atoms with Gasteiger partial charge in [0.2, 0.25) is 11.8 Å². The minimum Gasteiger partial charge on any atom is -0.481 e. The number of benzene rings is 1. The maximum absolute atomic E-state index is 14.3. The highest BCUT2D eigenvalue weighted by molar-refractivity contribution is 5.74. The van der Waals surface area contributed by atoms with Gasteiger partial charge in [0.05, 0.1) is 30.2 Å². The molecule has 4 rings (SSSR count). The van der Waals surface area contributed by atoms with Gasteiger partial charge in [0.1, 0.15) is 5.82 Å². The molecule has 1 aromatic carbocycles. The maximum Gasteiger partial charge on any atom is 0.220 e. The molecule has 3 N–H and O–H groups in total. The van der Waals surface area contributed by atoms with Gasteiger partial charge in [0.15, 0.2) is 0 Å². The van der Waals surface area contributed by atoms with Gasteiger partial charge in [-0.25, -0.2) is 19.3 Å². The average molecular weight is 420 g/mol. The molecule has 1 atom stereocenters. The Balaban J connectivity index is 1.87. The predicted octanol–water partition coefficient (Wildman–Crippen LogP) is 4.60. The second kappa shape index (κ2) is 8.34. The molecule has 2 aromatic heterocycles. The summed E-state index contributed by atoms with van der Waals surface area (Å²) < 4.78 is 19.5. The van der Waals surface area contributed by atoms with Gasteiger partial charge in [-0.3, -0.25) is 0 Å². The first-order chi connectivity index (χ1) is 14.9. The van der Waals surface area contributed by atoms with Gasteiger partial charge in [0, 0.05) is 29.3 Å². The number of allylic oxidation sites excluding steroid dienone is 1. The Morgan fingerprint density at radius 1 is 1.23 bits per heavy atom. The number of anilines is 1. The molecule has 3 aromatic rings. The van der Waals surface area contributed by atoms with Crippen molar-refractivity contribution in [1.29, 1.82) is 0 Å². The smallest absolute Gasteiger partial charge is 0.220 e. The summed E-state index contributed by atoms with van der Waals surface area (Å²) in [5, 5.41) is 3.67. The van der Waals surface area contributed by atoms with Gasteiger partial charge < -0.3 is 15.8 Å². The number of nitrogens with zero attached hydrogens (tertiary/aromatic N) is 3. The Bertz CT molecular complexity index is 1170. The average Bonchev–Trinajstić information content (AvgIpc) is 2.77. The third-order valence-corrected chi connectivity index (χ3v) is 5.70. The van der Waals surface area contributed by atoms with E-state index in [1.807, 2.05) is 25.1 Å². The van der Waals surface area contributed by atoms with E-state index < -0.39 is 0 Å². The molecule has 0 fully saturated rings. The summed E-state index contributed by atoms with van der Waals surface area (Å²) in [6.45, 7) is 6.16. The van der Waals surface area contributed by atoms with Crippen molar-refractivity contribution >= 4 is 11.6 Å². The van der Waals surface area contributed by atoms with E-state index in [-0.39, 0.29) is 17.8 Å². The zero-order valence-corrected chi connectivity index (χ0v) is 18.2. The summed E-state index contributed by atoms with van der Waals surface area (Å²) in [6, 6.07) is 10.2. The Labute approximate surface area is 181 Å². The highest BCUT2D eigenvalue weighted by Gasteiger charge is 2.29. The lowest BCUT2D eigenvalue weighted by molar-refractivity contribution is 0.398. The minimum absolute atomic E-state index is 0.124. The molecule has 0 aliphatic carbocycles. The van der Waals surface area contributed by atoms with Gasteiger partial charge in [0.25, 0.3) is 0 Å². The number of methoxy groups -OCH3 is 1. The highest BCUT2D eigenvalue weighted by atomic mass is 19.1. The number of aromatic nitrogens is 3. The third-order valence-electron chi connectivity index (χ3n) is 5.70. The standard InChI is InChI=1S/C24H26FN5O/c1-5-13(2)23-22-14(3)27-24(26)30-20(22)12-19(29-23)16-10-9-15(25)11-17(16)18-7-6-8-21(28-18)31-4/h6-11,19,29H,5,12H2,1-4H3,(H2,26,27,30)/b23-13+. The maximum atomic E-state index is 14.3. The molecule has 7 heteroatoms. The molecular weight excluding hydrogens is 393 g/mol. The molecule has 1 aliphatic heterocycles. The largest absolute Gasteiger partial charge is 0.481 e. The molecule has 0 saturated heterocycles. The van der Waals surface area contributed by atoms with Crippen molar-refractivity contribution in [1.82, 2.24) is 20.3 Å². The molecule has 3 heterocycles. The molecule has 6 nitrogen and oxygen atoms in total. The predicted molar refractivity (Wildman–Crippen MR) is 120 cm³/mol. The van der Waals surface area contributed by atoms with E-state index in [2.05, 4.69) is 34.1 Å². The van der Waals surface area contributed by atoms with Crippen LogP contribution in [0.1, 0.15) is 48.8 Å². The van der Waals surface area contributed by atoms with Crippen LogP contribution in [0.25, 0.3) is 17.0 Å². The first kappa shape index (κ1) is 20.8. The Hall–Kier alpha value is -3.48. The van der Waals surface area contributed by atoms with Crippen LogP contribution in [0, 0.1) is 12.7 Å². The fourth-order valence-corrected chi connectivity index (χ4v) is 4.05. The SMILES string of the molecule is CC/C(C)=C1/NC(c2ccc(F)cc2-c2cccc(OC)n2)Cc2nc(N)nc(C)c21. The fraction of sp³-hybridized carbons (Fsp3) is 0.292. The summed E-state index contributed by atoms with van der Waals surface area (Å²) in [5.74, 6) is 0.426. The van der Waals surface area contributed by atoms with Crippen LogP contribution in [0.2, 0.25) is 0 Å². The van der Waals surface area contributed by atoms with Crippen molar-refractivity contribution in [3.8, 4) is 17.1 Å². The number of halogens is 1. The highest BCUT2D eigenvalue weighted by Crippen LogP contribution is 2.38. The summed E-state index contributed by atoms with van der Waals surface area (Å²) in [4.78, 5) is 13.4. The summed E-state index contributed by atoms with van der Waals surface area (Å²) in [7, 11) is 1.56. The molecule has 160 valence electrons. The summed E-state index contributed by atoms with van der Waals surface area (Å²) in [5.41, 5.74) is 13.2. The van der Waals surface area contributed by atoms with Crippen molar-refractivity contribution in [3.63, 3.8) is 0 Å². The second-order valence-corrected chi connectivity index (χ2v) is 7.70. The number of nitrogens with two attached hydrogens (primary N) is 1. The zero-order valence-electron chi connectivity index (χ0n) is 18.2. The number of aryl methyl sites for hydroxylation is 1. The summed E-state index contributed by atoms with van der Waals surface area (Å²) >= 11 is 0. The molecule has 1 aliphatic rings. The van der Waals surface area contributed by atoms with Gasteiger partial charge in [-0.05, 0) is 49.6 Å². The molecule has 0 saturated carbocycles. The third kappa shape index (κ3) is 3.95. The van der Waals surface area contributed by atoms with E-state index in [4.69, 9.17) is 10.5 Å². The van der Waals surface area contributed by atoms with Crippen LogP contribution in [0.3, 0.4) is 0 Å². The first-order valence-electron chi connectivity index (χ1n) is 10.3. The zero-order chi connectivity index (χ0) is 22.1. The van der Waals surface area contributed by atoms with Gasteiger partial charge in [-0.15, -0.1) is 0 Å². The molecular formula is C24H26FN5O. The number of hydrogen-bond donors (Lipinski definition) is 2. The van der Waals surface area contributed by atoms with Crippen molar-refractivity contribution in [2.75, 3.05) is 12.8 Å². The van der Waals surface area contributed by atoms with Crippen LogP contribution in [-0.2, 0) is 6.42 Å². The van der Waals surface area contributed by atoms with E-state index in [0.717, 1.165) is 34.6 Å². The van der Waals surface area contributed by atoms with Crippen LogP contribution < -0.4 is 15.8 Å². The normalized spacial score (nSPS) is 17.0. The molecule has 0 bridgehead atoms. The molecule has 0 radical (unpaired) electrons. The second-order valence-electron chi connectivity index (χ2n) is 7.70. The van der Waals surface area contributed by atoms with Crippen LogP contribution in [0.15, 0.2) is 42.0 Å². The van der Waals surface area contributed by atoms with Crippen LogP contribution in [0.5, 0.6) is 5.88 Å². The molecule has 1 unspecified atom stereocenters. The molecule has 0 amide bonds. The number of pyridine rings is 1. The fourth-order valence-electron chi connectivity index (χ4n) is 4.05. The van der Waals surface area contributed by atoms with Gasteiger partial charge in [-0.1, -0.05) is 19.1 Å². The van der Waals surface area contributed by atoms with Gasteiger partial charge in [-0.2, -0.15) is 0 Å². The lowest BCUT2D eigenvalue weighted by Gasteiger charge is -2.32. The summed E-state index contributed by atoms with van der Waals surface area (Å²) in [6.07, 6.45) is 1.48. The Morgan fingerprint density at radius 2 is 2.03 bits per heavy atom. The van der Waals surface area contributed by atoms with E-state index in [1.165, 1.54) is 17.7 Å². The Kier molecular flexibility index (Phi) is 5.59. The Morgan fingerprint density at radius 3 is 2.77 bits per heavy atom. The quantitative estimate of drug-likeness (QED) is 0.643. The monoisotopic (exact) mass is 419 g/mol. The van der Waals surface area contributed by atoms with E-state index in [0.29, 0.717) is 23.6 Å². The van der Waals surface area contributed by atoms with Gasteiger partial charge >= 0.3 is 0 Å². The van der Waals surface area contributed by atoms with Crippen molar-refractivity contribution in [2.45, 2.75) is 39.7 Å². The van der Waals surface area contributed by atoms with Crippen molar-refractivity contribution in [2.24, 2.45) is 0 Å². The van der Waals surface area contributed by atoms with E-state index >= 15 is 0 Å². The minimum atomic E-state index is -0.317. The number of nitrogen functional groups attached to an aromatic ring is 1. The number of fused-ring (bicyclic) bond motifs is 1. The van der Waals surface area contributed by atoms with Crippen molar-refractivity contribution < 1.29 is 9.13 Å². The number of nitrogens with one attached hydrogen (secondary N) is 1. The molecule has 31 heavy (non-hydrogen) atoms. The topological polar surface area (TPSA) is 86.0 Å². The lowest BCUT2D eigenvalue weighted by atomic mass is 9.87. The first-order valence-corrected chi connectivity index (χ1v) is 10.3. The van der Waals surface area contributed by atoms with Crippen LogP contribution in [0.4, 0.5) is 10.3 Å². The number of rotatable bonds is 4. The number of hydrogen-bond acceptors (Lipinski definition) is 6.